The number of phenols is 2. The van der Waals surface area contributed by atoms with Gasteiger partial charge in [-0.2, -0.15) is 0 Å². The fourth-order valence-corrected chi connectivity index (χ4v) is 2.99. The summed E-state index contributed by atoms with van der Waals surface area (Å²) < 4.78 is 0. The molecule has 2 aromatic carbocycles. The minimum atomic E-state index is 0.287. The molecule has 28 heavy (non-hydrogen) atoms. The third kappa shape index (κ3) is 8.85. The summed E-state index contributed by atoms with van der Waals surface area (Å²) in [5, 5.41) is 19.3. The van der Waals surface area contributed by atoms with Gasteiger partial charge in [0.1, 0.15) is 11.5 Å². The van der Waals surface area contributed by atoms with E-state index in [2.05, 4.69) is 9.98 Å². The maximum absolute atomic E-state index is 9.66. The van der Waals surface area contributed by atoms with Gasteiger partial charge in [-0.3, -0.25) is 9.98 Å². The number of phenolic OH excluding ortho intramolecular Hbond substituents is 2. The Labute approximate surface area is 168 Å². The largest absolute Gasteiger partial charge is 0.507 e. The highest BCUT2D eigenvalue weighted by Gasteiger charge is 1.96. The zero-order valence-corrected chi connectivity index (χ0v) is 16.6. The van der Waals surface area contributed by atoms with Crippen LogP contribution in [0.5, 0.6) is 11.5 Å². The Balaban J connectivity index is 1.40. The van der Waals surface area contributed by atoms with Gasteiger partial charge in [-0.1, -0.05) is 62.8 Å². The summed E-state index contributed by atoms with van der Waals surface area (Å²) in [6, 6.07) is 14.5. The van der Waals surface area contributed by atoms with Crippen LogP contribution < -0.4 is 0 Å². The van der Waals surface area contributed by atoms with E-state index in [0.717, 1.165) is 37.1 Å². The fraction of sp³-hybridized carbons (Fsp3) is 0.417. The number of unbranched alkanes of at least 4 members (excludes halogenated alkanes) is 7. The van der Waals surface area contributed by atoms with Crippen molar-refractivity contribution >= 4 is 12.4 Å². The van der Waals surface area contributed by atoms with Gasteiger partial charge in [-0.05, 0) is 37.1 Å². The third-order valence-electron chi connectivity index (χ3n) is 4.66. The molecule has 2 aromatic rings. The van der Waals surface area contributed by atoms with Crippen molar-refractivity contribution in [1.29, 1.82) is 0 Å². The molecule has 0 aliphatic carbocycles. The highest BCUT2D eigenvalue weighted by Crippen LogP contribution is 2.14. The normalized spacial score (nSPS) is 11.6. The topological polar surface area (TPSA) is 65.2 Å². The van der Waals surface area contributed by atoms with Crippen LogP contribution in [-0.4, -0.2) is 35.7 Å². The standard InChI is InChI=1S/C24H32N2O2/c27-23-15-9-7-13-21(23)19-25-17-11-5-3-1-2-4-6-12-18-26-20-22-14-8-10-16-24(22)28/h7-10,13-16,19-20,27-28H,1-6,11-12,17-18H2/b25-19+,26-20+. The summed E-state index contributed by atoms with van der Waals surface area (Å²) in [4.78, 5) is 8.78. The molecule has 0 saturated carbocycles. The number of aliphatic imine (C=N–C) groups is 2. The van der Waals surface area contributed by atoms with Gasteiger partial charge >= 0.3 is 0 Å². The first-order valence-corrected chi connectivity index (χ1v) is 10.3. The van der Waals surface area contributed by atoms with Crippen LogP contribution in [0.3, 0.4) is 0 Å². The zero-order chi connectivity index (χ0) is 19.9. The van der Waals surface area contributed by atoms with Crippen molar-refractivity contribution in [3.05, 3.63) is 59.7 Å². The molecule has 0 spiro atoms. The van der Waals surface area contributed by atoms with Gasteiger partial charge in [0.05, 0.1) is 0 Å². The monoisotopic (exact) mass is 380 g/mol. The lowest BCUT2D eigenvalue weighted by Gasteiger charge is -2.01. The van der Waals surface area contributed by atoms with Crippen LogP contribution in [0.15, 0.2) is 58.5 Å². The Morgan fingerprint density at radius 3 is 1.29 bits per heavy atom. The Morgan fingerprint density at radius 1 is 0.536 bits per heavy atom. The van der Waals surface area contributed by atoms with E-state index in [-0.39, 0.29) is 11.5 Å². The molecule has 0 aliphatic heterocycles. The van der Waals surface area contributed by atoms with Crippen LogP contribution in [-0.2, 0) is 0 Å². The first-order chi connectivity index (χ1) is 13.8. The van der Waals surface area contributed by atoms with E-state index in [1.165, 1.54) is 38.5 Å². The smallest absolute Gasteiger partial charge is 0.124 e. The second-order valence-corrected chi connectivity index (χ2v) is 7.02. The van der Waals surface area contributed by atoms with Gasteiger partial charge < -0.3 is 10.2 Å². The molecule has 0 fully saturated rings. The van der Waals surface area contributed by atoms with E-state index >= 15 is 0 Å². The number of hydrogen-bond acceptors (Lipinski definition) is 4. The van der Waals surface area contributed by atoms with E-state index in [1.807, 2.05) is 36.4 Å². The van der Waals surface area contributed by atoms with Gasteiger partial charge in [-0.25, -0.2) is 0 Å². The highest BCUT2D eigenvalue weighted by atomic mass is 16.3. The molecule has 2 rings (SSSR count). The number of rotatable bonds is 13. The quantitative estimate of drug-likeness (QED) is 0.343. The van der Waals surface area contributed by atoms with Gasteiger partial charge in [0.25, 0.3) is 0 Å². The Hall–Kier alpha value is -2.62. The SMILES string of the molecule is Oc1ccccc1/C=N/CCCCCCCCCC/N=C/c1ccccc1O. The molecule has 0 atom stereocenters. The minimum absolute atomic E-state index is 0.287. The molecule has 0 heterocycles. The van der Waals surface area contributed by atoms with Gasteiger partial charge in [-0.15, -0.1) is 0 Å². The van der Waals surface area contributed by atoms with Crippen molar-refractivity contribution in [3.8, 4) is 11.5 Å². The predicted octanol–water partition coefficient (Wildman–Crippen LogP) is 5.76. The Morgan fingerprint density at radius 2 is 0.893 bits per heavy atom. The van der Waals surface area contributed by atoms with Crippen molar-refractivity contribution < 1.29 is 10.2 Å². The number of para-hydroxylation sites is 2. The van der Waals surface area contributed by atoms with E-state index in [9.17, 15) is 10.2 Å². The van der Waals surface area contributed by atoms with Crippen LogP contribution in [0.2, 0.25) is 0 Å². The number of nitrogens with zero attached hydrogens (tertiary/aromatic N) is 2. The average Bonchev–Trinajstić information content (AvgIpc) is 2.71. The summed E-state index contributed by atoms with van der Waals surface area (Å²) in [5.74, 6) is 0.574. The fourth-order valence-electron chi connectivity index (χ4n) is 2.99. The second kappa shape index (κ2) is 13.5. The lowest BCUT2D eigenvalue weighted by Crippen LogP contribution is -1.88. The lowest BCUT2D eigenvalue weighted by molar-refractivity contribution is 0.474. The predicted molar refractivity (Wildman–Crippen MR) is 118 cm³/mol. The molecule has 4 nitrogen and oxygen atoms in total. The molecule has 150 valence electrons. The lowest BCUT2D eigenvalue weighted by atomic mass is 10.1. The molecular weight excluding hydrogens is 348 g/mol. The first-order valence-electron chi connectivity index (χ1n) is 10.3. The Bertz CT molecular complexity index is 677. The summed E-state index contributed by atoms with van der Waals surface area (Å²) in [6.07, 6.45) is 13.2. The van der Waals surface area contributed by atoms with Gasteiger partial charge in [0.15, 0.2) is 0 Å². The van der Waals surface area contributed by atoms with Crippen LogP contribution >= 0.6 is 0 Å². The maximum atomic E-state index is 9.66. The van der Waals surface area contributed by atoms with Crippen LogP contribution in [0.1, 0.15) is 62.5 Å². The third-order valence-corrected chi connectivity index (χ3v) is 4.66. The van der Waals surface area contributed by atoms with E-state index in [0.29, 0.717) is 0 Å². The van der Waals surface area contributed by atoms with Gasteiger partial charge in [0, 0.05) is 36.6 Å². The van der Waals surface area contributed by atoms with E-state index < -0.39 is 0 Å². The maximum Gasteiger partial charge on any atom is 0.124 e. The molecule has 0 unspecified atom stereocenters. The van der Waals surface area contributed by atoms with Crippen LogP contribution in [0, 0.1) is 0 Å². The van der Waals surface area contributed by atoms with Crippen molar-refractivity contribution in [2.75, 3.05) is 13.1 Å². The summed E-state index contributed by atoms with van der Waals surface area (Å²) in [6.45, 7) is 1.65. The van der Waals surface area contributed by atoms with E-state index in [4.69, 9.17) is 0 Å². The molecule has 0 aliphatic rings. The molecule has 0 saturated heterocycles. The molecular formula is C24H32N2O2. The first kappa shape index (κ1) is 21.7. The minimum Gasteiger partial charge on any atom is -0.507 e. The number of benzene rings is 2. The summed E-state index contributed by atoms with van der Waals surface area (Å²) in [7, 11) is 0. The average molecular weight is 381 g/mol. The summed E-state index contributed by atoms with van der Waals surface area (Å²) >= 11 is 0. The van der Waals surface area contributed by atoms with Crippen LogP contribution in [0.25, 0.3) is 0 Å². The van der Waals surface area contributed by atoms with Crippen molar-refractivity contribution in [2.45, 2.75) is 51.4 Å². The molecule has 0 radical (unpaired) electrons. The van der Waals surface area contributed by atoms with Crippen molar-refractivity contribution in [1.82, 2.24) is 0 Å². The number of hydrogen-bond donors (Lipinski definition) is 2. The highest BCUT2D eigenvalue weighted by molar-refractivity contribution is 5.83. The van der Waals surface area contributed by atoms with Crippen molar-refractivity contribution in [2.24, 2.45) is 9.98 Å². The molecule has 0 aromatic heterocycles. The number of aromatic hydroxyl groups is 2. The molecule has 4 heteroatoms. The molecule has 2 N–H and O–H groups in total. The van der Waals surface area contributed by atoms with Gasteiger partial charge in [0.2, 0.25) is 0 Å². The second-order valence-electron chi connectivity index (χ2n) is 7.02. The van der Waals surface area contributed by atoms with E-state index in [1.54, 1.807) is 24.6 Å². The zero-order valence-electron chi connectivity index (χ0n) is 16.6. The van der Waals surface area contributed by atoms with Crippen molar-refractivity contribution in [3.63, 3.8) is 0 Å². The Kier molecular flexibility index (Phi) is 10.5. The van der Waals surface area contributed by atoms with Crippen LogP contribution in [0.4, 0.5) is 0 Å². The molecule has 0 amide bonds. The summed E-state index contributed by atoms with van der Waals surface area (Å²) in [5.41, 5.74) is 1.57. The molecule has 0 bridgehead atoms.